The summed E-state index contributed by atoms with van der Waals surface area (Å²) in [5.74, 6) is 0.803. The van der Waals surface area contributed by atoms with Gasteiger partial charge in [0.25, 0.3) is 5.91 Å². The van der Waals surface area contributed by atoms with Crippen LogP contribution in [0.3, 0.4) is 0 Å². The van der Waals surface area contributed by atoms with Crippen LogP contribution in [-0.2, 0) is 11.3 Å². The lowest BCUT2D eigenvalue weighted by Crippen LogP contribution is -2.48. The number of piperazine rings is 1. The number of anilines is 1. The lowest BCUT2D eigenvalue weighted by Gasteiger charge is -2.34. The van der Waals surface area contributed by atoms with E-state index in [1.54, 1.807) is 18.4 Å². The fourth-order valence-electron chi connectivity index (χ4n) is 2.89. The van der Waals surface area contributed by atoms with E-state index in [1.807, 2.05) is 41.6 Å². The Morgan fingerprint density at radius 2 is 2.08 bits per heavy atom. The third-order valence-corrected chi connectivity index (χ3v) is 5.08. The predicted molar refractivity (Wildman–Crippen MR) is 98.6 cm³/mol. The van der Waals surface area contributed by atoms with Gasteiger partial charge in [-0.2, -0.15) is 0 Å². The van der Waals surface area contributed by atoms with Crippen molar-refractivity contribution < 1.29 is 14.3 Å². The van der Waals surface area contributed by atoms with Crippen LogP contribution in [0.5, 0.6) is 5.75 Å². The van der Waals surface area contributed by atoms with Gasteiger partial charge in [0.05, 0.1) is 13.7 Å². The van der Waals surface area contributed by atoms with Gasteiger partial charge in [0.2, 0.25) is 0 Å². The average Bonchev–Trinajstić information content (AvgIpc) is 3.20. The fraction of sp³-hybridized carbons (Fsp3) is 0.444. The van der Waals surface area contributed by atoms with Crippen LogP contribution in [0.4, 0.5) is 5.13 Å². The number of nitrogens with zero attached hydrogens (tertiary/aromatic N) is 3. The van der Waals surface area contributed by atoms with E-state index in [4.69, 9.17) is 9.47 Å². The second-order valence-electron chi connectivity index (χ2n) is 5.76. The molecule has 1 aromatic heterocycles. The van der Waals surface area contributed by atoms with Crippen LogP contribution < -0.4 is 9.64 Å². The Morgan fingerprint density at radius 1 is 1.28 bits per heavy atom. The molecule has 2 heterocycles. The molecule has 1 aliphatic heterocycles. The molecule has 0 N–H and O–H groups in total. The largest absolute Gasteiger partial charge is 0.496 e. The highest BCUT2D eigenvalue weighted by Crippen LogP contribution is 2.23. The SMILES string of the molecule is CCOCc1cc(C(=O)N2CCN(c3nccs3)CC2)ccc1OC. The van der Waals surface area contributed by atoms with Crippen LogP contribution in [0.25, 0.3) is 0 Å². The van der Waals surface area contributed by atoms with E-state index in [0.29, 0.717) is 31.9 Å². The van der Waals surface area contributed by atoms with Gasteiger partial charge in [0.15, 0.2) is 5.13 Å². The molecule has 0 radical (unpaired) electrons. The number of amides is 1. The summed E-state index contributed by atoms with van der Waals surface area (Å²) in [6.07, 6.45) is 1.81. The standard InChI is InChI=1S/C18H23N3O3S/c1-3-24-13-15-12-14(4-5-16(15)23-2)17(22)20-7-9-21(10-8-20)18-19-6-11-25-18/h4-6,11-12H,3,7-10,13H2,1-2H3. The maximum Gasteiger partial charge on any atom is 0.253 e. The molecule has 7 heteroatoms. The second kappa shape index (κ2) is 8.31. The average molecular weight is 361 g/mol. The highest BCUT2D eigenvalue weighted by molar-refractivity contribution is 7.13. The molecule has 1 aromatic carbocycles. The van der Waals surface area contributed by atoms with Gasteiger partial charge < -0.3 is 19.3 Å². The van der Waals surface area contributed by atoms with Crippen molar-refractivity contribution in [1.82, 2.24) is 9.88 Å². The van der Waals surface area contributed by atoms with E-state index >= 15 is 0 Å². The minimum absolute atomic E-state index is 0.0548. The molecule has 3 rings (SSSR count). The maximum absolute atomic E-state index is 12.8. The monoisotopic (exact) mass is 361 g/mol. The predicted octanol–water partition coefficient (Wildman–Crippen LogP) is 2.65. The van der Waals surface area contributed by atoms with Crippen LogP contribution in [0.2, 0.25) is 0 Å². The van der Waals surface area contributed by atoms with Crippen LogP contribution in [0.15, 0.2) is 29.8 Å². The first-order valence-corrected chi connectivity index (χ1v) is 9.29. The summed E-state index contributed by atoms with van der Waals surface area (Å²) in [6, 6.07) is 5.54. The minimum atomic E-state index is 0.0548. The van der Waals surface area contributed by atoms with Crippen molar-refractivity contribution in [2.24, 2.45) is 0 Å². The van der Waals surface area contributed by atoms with Gasteiger partial charge in [0, 0.05) is 55.5 Å². The molecule has 0 bridgehead atoms. The van der Waals surface area contributed by atoms with E-state index in [2.05, 4.69) is 9.88 Å². The number of hydrogen-bond donors (Lipinski definition) is 0. The molecule has 1 fully saturated rings. The molecule has 1 saturated heterocycles. The topological polar surface area (TPSA) is 54.9 Å². The molecule has 2 aromatic rings. The van der Waals surface area contributed by atoms with E-state index < -0.39 is 0 Å². The summed E-state index contributed by atoms with van der Waals surface area (Å²) in [5.41, 5.74) is 1.58. The quantitative estimate of drug-likeness (QED) is 0.792. The molecule has 0 spiro atoms. The number of rotatable bonds is 6. The zero-order chi connectivity index (χ0) is 17.6. The first-order chi connectivity index (χ1) is 12.2. The van der Waals surface area contributed by atoms with Gasteiger partial charge in [-0.15, -0.1) is 11.3 Å². The maximum atomic E-state index is 12.8. The zero-order valence-corrected chi connectivity index (χ0v) is 15.4. The number of aromatic nitrogens is 1. The van der Waals surface area contributed by atoms with Crippen molar-refractivity contribution in [3.05, 3.63) is 40.9 Å². The van der Waals surface area contributed by atoms with Crippen molar-refractivity contribution in [3.8, 4) is 5.75 Å². The second-order valence-corrected chi connectivity index (χ2v) is 6.63. The van der Waals surface area contributed by atoms with Crippen LogP contribution in [0, 0.1) is 0 Å². The number of carbonyl (C=O) groups excluding carboxylic acids is 1. The number of benzene rings is 1. The Hall–Kier alpha value is -2.12. The van der Waals surface area contributed by atoms with Gasteiger partial charge in [0.1, 0.15) is 5.75 Å². The van der Waals surface area contributed by atoms with Crippen molar-refractivity contribution in [1.29, 1.82) is 0 Å². The van der Waals surface area contributed by atoms with Gasteiger partial charge >= 0.3 is 0 Å². The molecule has 0 atom stereocenters. The Balaban J connectivity index is 1.67. The molecule has 0 saturated carbocycles. The Labute approximate surface area is 152 Å². The third-order valence-electron chi connectivity index (χ3n) is 4.25. The van der Waals surface area contributed by atoms with Gasteiger partial charge in [-0.1, -0.05) is 0 Å². The Morgan fingerprint density at radius 3 is 2.72 bits per heavy atom. The number of thiazole rings is 1. The summed E-state index contributed by atoms with van der Waals surface area (Å²) in [7, 11) is 1.63. The number of hydrogen-bond acceptors (Lipinski definition) is 6. The molecular weight excluding hydrogens is 338 g/mol. The molecule has 6 nitrogen and oxygen atoms in total. The molecule has 0 unspecified atom stereocenters. The molecule has 1 amide bonds. The lowest BCUT2D eigenvalue weighted by molar-refractivity contribution is 0.0746. The summed E-state index contributed by atoms with van der Waals surface area (Å²) >= 11 is 1.63. The van der Waals surface area contributed by atoms with Crippen molar-refractivity contribution >= 4 is 22.4 Å². The van der Waals surface area contributed by atoms with E-state index in [9.17, 15) is 4.79 Å². The Bertz CT molecular complexity index is 698. The highest BCUT2D eigenvalue weighted by atomic mass is 32.1. The fourth-order valence-corrected chi connectivity index (χ4v) is 3.59. The smallest absolute Gasteiger partial charge is 0.253 e. The van der Waals surface area contributed by atoms with E-state index in [0.717, 1.165) is 29.5 Å². The summed E-state index contributed by atoms with van der Waals surface area (Å²) in [5, 5.41) is 3.00. The normalized spacial score (nSPS) is 14.6. The molecule has 134 valence electrons. The van der Waals surface area contributed by atoms with Gasteiger partial charge in [-0.25, -0.2) is 4.98 Å². The van der Waals surface area contributed by atoms with E-state index in [1.165, 1.54) is 0 Å². The zero-order valence-electron chi connectivity index (χ0n) is 14.6. The number of methoxy groups -OCH3 is 1. The summed E-state index contributed by atoms with van der Waals surface area (Å²) in [4.78, 5) is 21.3. The van der Waals surface area contributed by atoms with Gasteiger partial charge in [-0.05, 0) is 25.1 Å². The molecule has 0 aliphatic carbocycles. The van der Waals surface area contributed by atoms with Crippen LogP contribution in [-0.4, -0.2) is 55.7 Å². The van der Waals surface area contributed by atoms with E-state index in [-0.39, 0.29) is 5.91 Å². The van der Waals surface area contributed by atoms with Crippen LogP contribution in [0.1, 0.15) is 22.8 Å². The minimum Gasteiger partial charge on any atom is -0.496 e. The first kappa shape index (κ1) is 17.7. The molecule has 1 aliphatic rings. The van der Waals surface area contributed by atoms with Gasteiger partial charge in [-0.3, -0.25) is 4.79 Å². The molecule has 25 heavy (non-hydrogen) atoms. The van der Waals surface area contributed by atoms with Crippen molar-refractivity contribution in [3.63, 3.8) is 0 Å². The summed E-state index contributed by atoms with van der Waals surface area (Å²) < 4.78 is 10.8. The molecular formula is C18H23N3O3S. The lowest BCUT2D eigenvalue weighted by atomic mass is 10.1. The number of carbonyl (C=O) groups is 1. The van der Waals surface area contributed by atoms with Crippen molar-refractivity contribution in [2.45, 2.75) is 13.5 Å². The number of ether oxygens (including phenoxy) is 2. The third kappa shape index (κ3) is 4.11. The van der Waals surface area contributed by atoms with Crippen molar-refractivity contribution in [2.75, 3.05) is 44.8 Å². The highest BCUT2D eigenvalue weighted by Gasteiger charge is 2.23. The van der Waals surface area contributed by atoms with Crippen LogP contribution >= 0.6 is 11.3 Å². The Kier molecular flexibility index (Phi) is 5.88. The summed E-state index contributed by atoms with van der Waals surface area (Å²) in [6.45, 7) is 6.03. The first-order valence-electron chi connectivity index (χ1n) is 8.41.